The van der Waals surface area contributed by atoms with Crippen LogP contribution in [0.15, 0.2) is 29.6 Å². The van der Waals surface area contributed by atoms with Crippen molar-refractivity contribution in [1.82, 2.24) is 14.6 Å². The highest BCUT2D eigenvalue weighted by atomic mass is 32.1. The standard InChI is InChI=1S/C12H12N4S/c1-8-3-2-4-9(5-8)11-14-15-12-16(11)10(6-13)7-17-12/h2-5,7H,6,13H2,1H3. The maximum atomic E-state index is 5.73. The predicted octanol–water partition coefficient (Wildman–Crippen LogP) is 2.22. The van der Waals surface area contributed by atoms with Crippen molar-refractivity contribution in [1.29, 1.82) is 0 Å². The molecule has 0 aliphatic carbocycles. The second-order valence-electron chi connectivity index (χ2n) is 3.94. The van der Waals surface area contributed by atoms with Crippen molar-refractivity contribution in [2.75, 3.05) is 0 Å². The summed E-state index contributed by atoms with van der Waals surface area (Å²) in [4.78, 5) is 0.891. The summed E-state index contributed by atoms with van der Waals surface area (Å²) in [5.74, 6) is 0.866. The number of aryl methyl sites for hydroxylation is 1. The van der Waals surface area contributed by atoms with Gasteiger partial charge in [0.25, 0.3) is 0 Å². The van der Waals surface area contributed by atoms with Gasteiger partial charge in [-0.2, -0.15) is 0 Å². The van der Waals surface area contributed by atoms with Crippen molar-refractivity contribution in [2.45, 2.75) is 13.5 Å². The third-order valence-corrected chi connectivity index (χ3v) is 3.57. The zero-order chi connectivity index (χ0) is 11.8. The van der Waals surface area contributed by atoms with Crippen molar-refractivity contribution >= 4 is 16.3 Å². The van der Waals surface area contributed by atoms with Crippen LogP contribution >= 0.6 is 11.3 Å². The average molecular weight is 244 g/mol. The fourth-order valence-corrected chi connectivity index (χ4v) is 2.73. The van der Waals surface area contributed by atoms with Gasteiger partial charge >= 0.3 is 0 Å². The van der Waals surface area contributed by atoms with E-state index in [1.807, 2.05) is 21.9 Å². The first-order chi connectivity index (χ1) is 8.29. The van der Waals surface area contributed by atoms with Crippen LogP contribution in [0, 0.1) is 6.92 Å². The number of benzene rings is 1. The van der Waals surface area contributed by atoms with Crippen LogP contribution in [0.3, 0.4) is 0 Å². The van der Waals surface area contributed by atoms with E-state index in [1.54, 1.807) is 11.3 Å². The Hall–Kier alpha value is -1.72. The van der Waals surface area contributed by atoms with Crippen LogP contribution in [0.4, 0.5) is 0 Å². The summed E-state index contributed by atoms with van der Waals surface area (Å²) >= 11 is 1.57. The minimum absolute atomic E-state index is 0.497. The van der Waals surface area contributed by atoms with Gasteiger partial charge in [-0.3, -0.25) is 4.40 Å². The van der Waals surface area contributed by atoms with E-state index < -0.39 is 0 Å². The Morgan fingerprint density at radius 3 is 3.00 bits per heavy atom. The molecule has 0 saturated heterocycles. The summed E-state index contributed by atoms with van der Waals surface area (Å²) < 4.78 is 2.03. The summed E-state index contributed by atoms with van der Waals surface area (Å²) in [7, 11) is 0. The SMILES string of the molecule is Cc1cccc(-c2nnc3scc(CN)n23)c1. The van der Waals surface area contributed by atoms with Crippen molar-refractivity contribution in [2.24, 2.45) is 5.73 Å². The van der Waals surface area contributed by atoms with Crippen LogP contribution in [0.2, 0.25) is 0 Å². The molecule has 0 spiro atoms. The maximum Gasteiger partial charge on any atom is 0.216 e. The molecule has 2 N–H and O–H groups in total. The molecule has 0 atom stereocenters. The van der Waals surface area contributed by atoms with Crippen molar-refractivity contribution in [3.05, 3.63) is 40.9 Å². The zero-order valence-corrected chi connectivity index (χ0v) is 10.2. The minimum atomic E-state index is 0.497. The molecule has 0 bridgehead atoms. The number of hydrogen-bond donors (Lipinski definition) is 1. The largest absolute Gasteiger partial charge is 0.325 e. The number of nitrogens with zero attached hydrogens (tertiary/aromatic N) is 3. The lowest BCUT2D eigenvalue weighted by Crippen LogP contribution is -2.01. The fraction of sp³-hybridized carbons (Fsp3) is 0.167. The van der Waals surface area contributed by atoms with Crippen molar-refractivity contribution in [3.8, 4) is 11.4 Å². The van der Waals surface area contributed by atoms with Crippen LogP contribution in [-0.4, -0.2) is 14.6 Å². The molecule has 4 nitrogen and oxygen atoms in total. The number of fused-ring (bicyclic) bond motifs is 1. The predicted molar refractivity (Wildman–Crippen MR) is 68.9 cm³/mol. The Labute approximate surface area is 103 Å². The summed E-state index contributed by atoms with van der Waals surface area (Å²) in [6, 6.07) is 8.25. The highest BCUT2D eigenvalue weighted by Crippen LogP contribution is 2.24. The second kappa shape index (κ2) is 3.94. The van der Waals surface area contributed by atoms with E-state index >= 15 is 0 Å². The van der Waals surface area contributed by atoms with Crippen LogP contribution in [0.1, 0.15) is 11.3 Å². The Kier molecular flexibility index (Phi) is 2.42. The van der Waals surface area contributed by atoms with Gasteiger partial charge in [0.2, 0.25) is 4.96 Å². The van der Waals surface area contributed by atoms with E-state index in [4.69, 9.17) is 5.73 Å². The molecule has 3 aromatic rings. The molecule has 2 aromatic heterocycles. The van der Waals surface area contributed by atoms with Gasteiger partial charge in [0, 0.05) is 17.5 Å². The number of aromatic nitrogens is 3. The van der Waals surface area contributed by atoms with E-state index in [0.29, 0.717) is 6.54 Å². The Morgan fingerprint density at radius 1 is 1.35 bits per heavy atom. The first kappa shape index (κ1) is 10.4. The van der Waals surface area contributed by atoms with Gasteiger partial charge in [0.05, 0.1) is 5.69 Å². The Bertz CT molecular complexity index is 668. The van der Waals surface area contributed by atoms with Gasteiger partial charge in [-0.15, -0.1) is 21.5 Å². The first-order valence-corrected chi connectivity index (χ1v) is 6.26. The molecule has 1 aromatic carbocycles. The topological polar surface area (TPSA) is 56.2 Å². The van der Waals surface area contributed by atoms with Crippen molar-refractivity contribution in [3.63, 3.8) is 0 Å². The number of thiazole rings is 1. The van der Waals surface area contributed by atoms with Crippen LogP contribution in [0.5, 0.6) is 0 Å². The van der Waals surface area contributed by atoms with Crippen molar-refractivity contribution < 1.29 is 0 Å². The van der Waals surface area contributed by atoms with Gasteiger partial charge in [0.1, 0.15) is 0 Å². The van der Waals surface area contributed by atoms with Crippen LogP contribution < -0.4 is 5.73 Å². The lowest BCUT2D eigenvalue weighted by Gasteiger charge is -2.01. The van der Waals surface area contributed by atoms with E-state index in [0.717, 1.165) is 22.0 Å². The maximum absolute atomic E-state index is 5.73. The normalized spacial score (nSPS) is 11.2. The minimum Gasteiger partial charge on any atom is -0.325 e. The molecule has 17 heavy (non-hydrogen) atoms. The third kappa shape index (κ3) is 1.64. The summed E-state index contributed by atoms with van der Waals surface area (Å²) in [6.45, 7) is 2.57. The Morgan fingerprint density at radius 2 is 2.24 bits per heavy atom. The van der Waals surface area contributed by atoms with Gasteiger partial charge in [0.15, 0.2) is 5.82 Å². The third-order valence-electron chi connectivity index (χ3n) is 2.71. The van der Waals surface area contributed by atoms with Gasteiger partial charge in [-0.05, 0) is 13.0 Å². The van der Waals surface area contributed by atoms with Gasteiger partial charge < -0.3 is 5.73 Å². The van der Waals surface area contributed by atoms with Crippen LogP contribution in [0.25, 0.3) is 16.3 Å². The van der Waals surface area contributed by atoms with Gasteiger partial charge in [-0.1, -0.05) is 23.8 Å². The second-order valence-corrected chi connectivity index (χ2v) is 4.78. The van der Waals surface area contributed by atoms with E-state index in [-0.39, 0.29) is 0 Å². The fourth-order valence-electron chi connectivity index (χ4n) is 1.89. The molecule has 0 amide bonds. The molecule has 0 saturated carbocycles. The smallest absolute Gasteiger partial charge is 0.216 e. The first-order valence-electron chi connectivity index (χ1n) is 5.38. The average Bonchev–Trinajstić information content (AvgIpc) is 2.89. The number of nitrogens with two attached hydrogens (primary N) is 1. The molecule has 0 unspecified atom stereocenters. The molecule has 0 aliphatic heterocycles. The number of hydrogen-bond acceptors (Lipinski definition) is 4. The summed E-state index contributed by atoms with van der Waals surface area (Å²) in [6.07, 6.45) is 0. The lowest BCUT2D eigenvalue weighted by atomic mass is 10.1. The van der Waals surface area contributed by atoms with E-state index in [1.165, 1.54) is 5.56 Å². The molecule has 2 heterocycles. The highest BCUT2D eigenvalue weighted by Gasteiger charge is 2.12. The molecule has 86 valence electrons. The van der Waals surface area contributed by atoms with Crippen LogP contribution in [-0.2, 0) is 6.54 Å². The van der Waals surface area contributed by atoms with Gasteiger partial charge in [-0.25, -0.2) is 0 Å². The molecular formula is C12H12N4S. The molecule has 5 heteroatoms. The molecular weight excluding hydrogens is 232 g/mol. The molecule has 0 aliphatic rings. The molecule has 0 radical (unpaired) electrons. The lowest BCUT2D eigenvalue weighted by molar-refractivity contribution is 0.962. The number of rotatable bonds is 2. The van der Waals surface area contributed by atoms with E-state index in [2.05, 4.69) is 29.3 Å². The quantitative estimate of drug-likeness (QED) is 0.752. The van der Waals surface area contributed by atoms with E-state index in [9.17, 15) is 0 Å². The monoisotopic (exact) mass is 244 g/mol. The Balaban J connectivity index is 2.26. The molecule has 0 fully saturated rings. The molecule has 3 rings (SSSR count). The zero-order valence-electron chi connectivity index (χ0n) is 9.42. The highest BCUT2D eigenvalue weighted by molar-refractivity contribution is 7.15. The summed E-state index contributed by atoms with van der Waals surface area (Å²) in [5, 5.41) is 10.4. The summed E-state index contributed by atoms with van der Waals surface area (Å²) in [5.41, 5.74) is 9.06.